The summed E-state index contributed by atoms with van der Waals surface area (Å²) in [5.74, 6) is 0. The maximum absolute atomic E-state index is 4.45. The molecule has 0 aromatic carbocycles. The molecule has 0 aliphatic heterocycles. The highest BCUT2D eigenvalue weighted by Gasteiger charge is 2.04. The van der Waals surface area contributed by atoms with E-state index in [1.165, 1.54) is 21.1 Å². The Kier molecular flexibility index (Phi) is 4.55. The molecule has 2 heterocycles. The third kappa shape index (κ3) is 3.21. The first-order chi connectivity index (χ1) is 8.72. The van der Waals surface area contributed by atoms with E-state index in [2.05, 4.69) is 42.5 Å². The van der Waals surface area contributed by atoms with Gasteiger partial charge in [0.25, 0.3) is 0 Å². The van der Waals surface area contributed by atoms with E-state index in [1.807, 2.05) is 23.1 Å². The number of hydrogen-bond donors (Lipinski definition) is 1. The van der Waals surface area contributed by atoms with Crippen LogP contribution in [0.5, 0.6) is 0 Å². The van der Waals surface area contributed by atoms with Gasteiger partial charge in [-0.05, 0) is 31.0 Å². The molecule has 98 valence electrons. The van der Waals surface area contributed by atoms with Crippen molar-refractivity contribution >= 4 is 11.3 Å². The van der Waals surface area contributed by atoms with Gasteiger partial charge in [0.2, 0.25) is 0 Å². The fraction of sp³-hybridized carbons (Fsp3) is 0.500. The second-order valence-corrected chi connectivity index (χ2v) is 5.68. The molecular formula is C14H21N3S. The molecule has 4 heteroatoms. The van der Waals surface area contributed by atoms with E-state index in [9.17, 15) is 0 Å². The second-order valence-electron chi connectivity index (χ2n) is 4.43. The van der Waals surface area contributed by atoms with Crippen molar-refractivity contribution in [2.24, 2.45) is 7.05 Å². The zero-order chi connectivity index (χ0) is 13.0. The van der Waals surface area contributed by atoms with Crippen molar-refractivity contribution in [3.8, 4) is 0 Å². The zero-order valence-corrected chi connectivity index (χ0v) is 12.2. The molecule has 3 nitrogen and oxygen atoms in total. The minimum atomic E-state index is 0.878. The van der Waals surface area contributed by atoms with E-state index in [1.54, 1.807) is 0 Å². The molecule has 0 saturated heterocycles. The van der Waals surface area contributed by atoms with Gasteiger partial charge in [-0.15, -0.1) is 11.3 Å². The Morgan fingerprint density at radius 1 is 1.17 bits per heavy atom. The summed E-state index contributed by atoms with van der Waals surface area (Å²) in [6.45, 7) is 6.16. The van der Waals surface area contributed by atoms with Crippen molar-refractivity contribution in [3.05, 3.63) is 39.3 Å². The summed E-state index contributed by atoms with van der Waals surface area (Å²) >= 11 is 1.90. The van der Waals surface area contributed by atoms with Gasteiger partial charge in [-0.1, -0.05) is 13.8 Å². The van der Waals surface area contributed by atoms with Crippen molar-refractivity contribution < 1.29 is 0 Å². The van der Waals surface area contributed by atoms with E-state index in [0.29, 0.717) is 0 Å². The lowest BCUT2D eigenvalue weighted by molar-refractivity contribution is 0.626. The smallest absolute Gasteiger partial charge is 0.0625 e. The van der Waals surface area contributed by atoms with Crippen LogP contribution in [0.3, 0.4) is 0 Å². The Bertz CT molecular complexity index is 499. The van der Waals surface area contributed by atoms with Crippen LogP contribution in [-0.4, -0.2) is 9.78 Å². The van der Waals surface area contributed by atoms with Crippen LogP contribution in [0.25, 0.3) is 0 Å². The minimum Gasteiger partial charge on any atom is -0.306 e. The van der Waals surface area contributed by atoms with Crippen LogP contribution in [0.2, 0.25) is 0 Å². The van der Waals surface area contributed by atoms with Gasteiger partial charge in [0, 0.05) is 29.9 Å². The molecule has 0 spiro atoms. The van der Waals surface area contributed by atoms with E-state index < -0.39 is 0 Å². The lowest BCUT2D eigenvalue weighted by atomic mass is 10.3. The Morgan fingerprint density at radius 2 is 1.94 bits per heavy atom. The molecule has 2 aromatic rings. The normalized spacial score (nSPS) is 11.1. The molecule has 2 aromatic heterocycles. The van der Waals surface area contributed by atoms with Gasteiger partial charge in [-0.3, -0.25) is 4.68 Å². The third-order valence-electron chi connectivity index (χ3n) is 3.06. The Balaban J connectivity index is 1.86. The third-order valence-corrected chi connectivity index (χ3v) is 4.29. The second kappa shape index (κ2) is 6.16. The fourth-order valence-electron chi connectivity index (χ4n) is 1.93. The van der Waals surface area contributed by atoms with Crippen LogP contribution in [0.1, 0.15) is 35.0 Å². The van der Waals surface area contributed by atoms with Crippen molar-refractivity contribution in [1.82, 2.24) is 15.1 Å². The monoisotopic (exact) mass is 263 g/mol. The Hall–Kier alpha value is -1.13. The molecule has 0 atom stereocenters. The summed E-state index contributed by atoms with van der Waals surface area (Å²) in [4.78, 5) is 2.87. The number of rotatable bonds is 6. The molecule has 0 fully saturated rings. The molecule has 0 amide bonds. The molecule has 1 N–H and O–H groups in total. The molecule has 2 rings (SSSR count). The van der Waals surface area contributed by atoms with Crippen LogP contribution in [-0.2, 0) is 33.0 Å². The average molecular weight is 263 g/mol. The van der Waals surface area contributed by atoms with Crippen molar-refractivity contribution in [2.75, 3.05) is 0 Å². The molecule has 0 aliphatic carbocycles. The van der Waals surface area contributed by atoms with Crippen LogP contribution < -0.4 is 5.32 Å². The highest BCUT2D eigenvalue weighted by molar-refractivity contribution is 7.11. The molecule has 0 bridgehead atoms. The van der Waals surface area contributed by atoms with E-state index in [4.69, 9.17) is 0 Å². The van der Waals surface area contributed by atoms with Crippen LogP contribution in [0, 0.1) is 0 Å². The van der Waals surface area contributed by atoms with Crippen molar-refractivity contribution in [1.29, 1.82) is 0 Å². The highest BCUT2D eigenvalue weighted by Crippen LogP contribution is 2.16. The topological polar surface area (TPSA) is 29.9 Å². The molecular weight excluding hydrogens is 242 g/mol. The first-order valence-electron chi connectivity index (χ1n) is 6.53. The van der Waals surface area contributed by atoms with Gasteiger partial charge in [-0.25, -0.2) is 0 Å². The largest absolute Gasteiger partial charge is 0.306 e. The molecule has 0 radical (unpaired) electrons. The van der Waals surface area contributed by atoms with Gasteiger partial charge in [-0.2, -0.15) is 5.10 Å². The van der Waals surface area contributed by atoms with Gasteiger partial charge < -0.3 is 5.32 Å². The summed E-state index contributed by atoms with van der Waals surface area (Å²) in [5, 5.41) is 7.93. The van der Waals surface area contributed by atoms with Gasteiger partial charge in [0.15, 0.2) is 0 Å². The lowest BCUT2D eigenvalue weighted by Crippen LogP contribution is -2.14. The Labute approximate surface area is 113 Å². The number of hydrogen-bond acceptors (Lipinski definition) is 3. The Morgan fingerprint density at radius 3 is 2.56 bits per heavy atom. The molecule has 0 saturated carbocycles. The summed E-state index contributed by atoms with van der Waals surface area (Å²) in [5.41, 5.74) is 2.41. The van der Waals surface area contributed by atoms with E-state index in [0.717, 1.165) is 25.9 Å². The SMILES string of the molecule is CCc1cc(CNCc2ccc(CC)s2)n(C)n1. The summed E-state index contributed by atoms with van der Waals surface area (Å²) < 4.78 is 1.97. The number of aromatic nitrogens is 2. The molecule has 0 unspecified atom stereocenters. The van der Waals surface area contributed by atoms with Crippen LogP contribution in [0.4, 0.5) is 0 Å². The number of aryl methyl sites for hydroxylation is 3. The number of nitrogens with zero attached hydrogens (tertiary/aromatic N) is 2. The molecule has 18 heavy (non-hydrogen) atoms. The predicted molar refractivity (Wildman–Crippen MR) is 76.8 cm³/mol. The van der Waals surface area contributed by atoms with Gasteiger partial charge in [0.1, 0.15) is 0 Å². The summed E-state index contributed by atoms with van der Waals surface area (Å²) in [7, 11) is 2.01. The zero-order valence-electron chi connectivity index (χ0n) is 11.4. The highest BCUT2D eigenvalue weighted by atomic mass is 32.1. The maximum atomic E-state index is 4.45. The standard InChI is InChI=1S/C14H21N3S/c1-4-11-8-12(17(3)16-11)9-15-10-14-7-6-13(5-2)18-14/h6-8,15H,4-5,9-10H2,1-3H3. The number of nitrogens with one attached hydrogen (secondary N) is 1. The summed E-state index contributed by atoms with van der Waals surface area (Å²) in [6.07, 6.45) is 2.13. The molecule has 0 aliphatic rings. The fourth-order valence-corrected chi connectivity index (χ4v) is 2.86. The van der Waals surface area contributed by atoms with Crippen molar-refractivity contribution in [3.63, 3.8) is 0 Å². The van der Waals surface area contributed by atoms with Gasteiger partial charge in [0.05, 0.1) is 11.4 Å². The van der Waals surface area contributed by atoms with E-state index >= 15 is 0 Å². The average Bonchev–Trinajstić information content (AvgIpc) is 2.97. The summed E-state index contributed by atoms with van der Waals surface area (Å²) in [6, 6.07) is 6.62. The van der Waals surface area contributed by atoms with Crippen molar-refractivity contribution in [2.45, 2.75) is 39.8 Å². The van der Waals surface area contributed by atoms with Gasteiger partial charge >= 0.3 is 0 Å². The minimum absolute atomic E-state index is 0.878. The number of thiophene rings is 1. The quantitative estimate of drug-likeness (QED) is 0.868. The van der Waals surface area contributed by atoms with Crippen LogP contribution >= 0.6 is 11.3 Å². The van der Waals surface area contributed by atoms with Crippen LogP contribution in [0.15, 0.2) is 18.2 Å². The first kappa shape index (κ1) is 13.3. The first-order valence-corrected chi connectivity index (χ1v) is 7.34. The predicted octanol–water partition coefficient (Wildman–Crippen LogP) is 2.90. The lowest BCUT2D eigenvalue weighted by Gasteiger charge is -2.03. The maximum Gasteiger partial charge on any atom is 0.0625 e. The van der Waals surface area contributed by atoms with E-state index in [-0.39, 0.29) is 0 Å².